The van der Waals surface area contributed by atoms with Crippen LogP contribution in [0.25, 0.3) is 0 Å². The number of para-hydroxylation sites is 2. The van der Waals surface area contributed by atoms with E-state index in [1.807, 2.05) is 6.92 Å². The molecule has 3 N–H and O–H groups in total. The molecule has 0 saturated carbocycles. The second-order valence-corrected chi connectivity index (χ2v) is 4.02. The first-order chi connectivity index (χ1) is 9.16. The summed E-state index contributed by atoms with van der Waals surface area (Å²) in [5.41, 5.74) is 0. The van der Waals surface area contributed by atoms with Crippen LogP contribution in [0.4, 0.5) is 0 Å². The minimum atomic E-state index is -0.285. The summed E-state index contributed by atoms with van der Waals surface area (Å²) in [4.78, 5) is 18.6. The van der Waals surface area contributed by atoms with Crippen LogP contribution in [0.15, 0.2) is 36.7 Å². The highest BCUT2D eigenvalue weighted by molar-refractivity contribution is 5.77. The molecule has 19 heavy (non-hydrogen) atoms. The van der Waals surface area contributed by atoms with Crippen molar-refractivity contribution in [3.8, 4) is 11.5 Å². The van der Waals surface area contributed by atoms with Crippen LogP contribution in [0.5, 0.6) is 11.5 Å². The van der Waals surface area contributed by atoms with Crippen molar-refractivity contribution >= 4 is 5.91 Å². The van der Waals surface area contributed by atoms with Gasteiger partial charge in [-0.05, 0) is 19.1 Å². The van der Waals surface area contributed by atoms with Gasteiger partial charge in [0.25, 0.3) is 5.91 Å². The van der Waals surface area contributed by atoms with Crippen molar-refractivity contribution in [2.75, 3.05) is 6.61 Å². The Kier molecular flexibility index (Phi) is 4.02. The highest BCUT2D eigenvalue weighted by Gasteiger charge is 2.12. The summed E-state index contributed by atoms with van der Waals surface area (Å²) in [6.45, 7) is 1.65. The Morgan fingerprint density at radius 2 is 2.32 bits per heavy atom. The molecule has 0 fully saturated rings. The number of ether oxygens (including phenoxy) is 1. The highest BCUT2D eigenvalue weighted by atomic mass is 16.5. The molecule has 0 aliphatic heterocycles. The first-order valence-corrected chi connectivity index (χ1v) is 5.86. The molecule has 1 heterocycles. The standard InChI is InChI=1S/C13H15N3O3/c1-9(13-14-6-7-15-13)16-12(18)8-19-11-5-3-2-4-10(11)17/h2-7,9,17H,8H2,1H3,(H,14,15)(H,16,18). The Balaban J connectivity index is 1.84. The van der Waals surface area contributed by atoms with Gasteiger partial charge in [-0.15, -0.1) is 0 Å². The van der Waals surface area contributed by atoms with Gasteiger partial charge in [-0.2, -0.15) is 0 Å². The summed E-state index contributed by atoms with van der Waals surface area (Å²) in [7, 11) is 0. The van der Waals surface area contributed by atoms with E-state index in [-0.39, 0.29) is 30.1 Å². The lowest BCUT2D eigenvalue weighted by molar-refractivity contribution is -0.123. The molecule has 0 radical (unpaired) electrons. The average molecular weight is 261 g/mol. The number of hydrogen-bond acceptors (Lipinski definition) is 4. The Morgan fingerprint density at radius 3 is 3.00 bits per heavy atom. The van der Waals surface area contributed by atoms with E-state index < -0.39 is 0 Å². The van der Waals surface area contributed by atoms with Crippen molar-refractivity contribution < 1.29 is 14.6 Å². The van der Waals surface area contributed by atoms with E-state index >= 15 is 0 Å². The van der Waals surface area contributed by atoms with E-state index in [2.05, 4.69) is 15.3 Å². The Labute approximate surface area is 110 Å². The van der Waals surface area contributed by atoms with Gasteiger partial charge in [-0.1, -0.05) is 12.1 Å². The Hall–Kier alpha value is -2.50. The molecule has 6 nitrogen and oxygen atoms in total. The topological polar surface area (TPSA) is 87.2 Å². The molecule has 6 heteroatoms. The number of hydrogen-bond donors (Lipinski definition) is 3. The van der Waals surface area contributed by atoms with E-state index in [9.17, 15) is 9.90 Å². The number of carbonyl (C=O) groups excluding carboxylic acids is 1. The van der Waals surface area contributed by atoms with Crippen LogP contribution >= 0.6 is 0 Å². The minimum Gasteiger partial charge on any atom is -0.504 e. The Bertz CT molecular complexity index is 540. The van der Waals surface area contributed by atoms with E-state index in [1.54, 1.807) is 30.6 Å². The molecule has 0 spiro atoms. The summed E-state index contributed by atoms with van der Waals surface area (Å²) in [5.74, 6) is 0.681. The molecule has 1 aromatic carbocycles. The van der Waals surface area contributed by atoms with Gasteiger partial charge in [0.15, 0.2) is 18.1 Å². The second-order valence-electron chi connectivity index (χ2n) is 4.02. The van der Waals surface area contributed by atoms with E-state index in [1.165, 1.54) is 6.07 Å². The van der Waals surface area contributed by atoms with E-state index in [0.29, 0.717) is 5.82 Å². The minimum absolute atomic E-state index is 0.00869. The van der Waals surface area contributed by atoms with Crippen molar-refractivity contribution in [1.82, 2.24) is 15.3 Å². The van der Waals surface area contributed by atoms with Crippen LogP contribution in [-0.2, 0) is 4.79 Å². The molecular weight excluding hydrogens is 246 g/mol. The number of aromatic hydroxyl groups is 1. The number of nitrogens with one attached hydrogen (secondary N) is 2. The molecule has 0 bridgehead atoms. The van der Waals surface area contributed by atoms with Crippen molar-refractivity contribution in [1.29, 1.82) is 0 Å². The molecule has 2 rings (SSSR count). The highest BCUT2D eigenvalue weighted by Crippen LogP contribution is 2.24. The summed E-state index contributed by atoms with van der Waals surface area (Å²) in [6, 6.07) is 6.27. The van der Waals surface area contributed by atoms with Crippen molar-refractivity contribution in [3.63, 3.8) is 0 Å². The predicted molar refractivity (Wildman–Crippen MR) is 68.7 cm³/mol. The molecule has 1 amide bonds. The molecule has 1 atom stereocenters. The lowest BCUT2D eigenvalue weighted by Gasteiger charge is -2.12. The zero-order valence-corrected chi connectivity index (χ0v) is 10.5. The zero-order valence-electron chi connectivity index (χ0n) is 10.5. The third kappa shape index (κ3) is 3.48. The molecule has 1 unspecified atom stereocenters. The zero-order chi connectivity index (χ0) is 13.7. The fourth-order valence-electron chi connectivity index (χ4n) is 1.59. The first kappa shape index (κ1) is 12.9. The van der Waals surface area contributed by atoms with E-state index in [0.717, 1.165) is 0 Å². The van der Waals surface area contributed by atoms with Gasteiger partial charge in [-0.25, -0.2) is 4.98 Å². The van der Waals surface area contributed by atoms with Crippen LogP contribution in [0.1, 0.15) is 18.8 Å². The maximum absolute atomic E-state index is 11.7. The lowest BCUT2D eigenvalue weighted by Crippen LogP contribution is -2.31. The Morgan fingerprint density at radius 1 is 1.53 bits per heavy atom. The van der Waals surface area contributed by atoms with Crippen LogP contribution in [-0.4, -0.2) is 27.6 Å². The second kappa shape index (κ2) is 5.90. The van der Waals surface area contributed by atoms with Crippen LogP contribution < -0.4 is 10.1 Å². The average Bonchev–Trinajstić information content (AvgIpc) is 2.91. The normalized spacial score (nSPS) is 11.8. The van der Waals surface area contributed by atoms with Crippen LogP contribution in [0, 0.1) is 0 Å². The number of rotatable bonds is 5. The van der Waals surface area contributed by atoms with Gasteiger partial charge in [0.2, 0.25) is 0 Å². The van der Waals surface area contributed by atoms with Crippen molar-refractivity contribution in [2.45, 2.75) is 13.0 Å². The lowest BCUT2D eigenvalue weighted by atomic mass is 10.3. The number of aromatic nitrogens is 2. The van der Waals surface area contributed by atoms with Gasteiger partial charge in [-0.3, -0.25) is 4.79 Å². The number of phenolic OH excluding ortho intramolecular Hbond substituents is 1. The van der Waals surface area contributed by atoms with Crippen molar-refractivity contribution in [2.24, 2.45) is 0 Å². The molecule has 0 aliphatic rings. The van der Waals surface area contributed by atoms with Gasteiger partial charge in [0, 0.05) is 12.4 Å². The number of benzene rings is 1. The van der Waals surface area contributed by atoms with Crippen LogP contribution in [0.2, 0.25) is 0 Å². The summed E-state index contributed by atoms with van der Waals surface area (Å²) in [5, 5.41) is 12.2. The number of H-pyrrole nitrogens is 1. The predicted octanol–water partition coefficient (Wildman–Crippen LogP) is 1.37. The quantitative estimate of drug-likeness (QED) is 0.758. The van der Waals surface area contributed by atoms with Gasteiger partial charge in [0.05, 0.1) is 6.04 Å². The number of imidazole rings is 1. The first-order valence-electron chi connectivity index (χ1n) is 5.86. The van der Waals surface area contributed by atoms with Crippen LogP contribution in [0.3, 0.4) is 0 Å². The summed E-state index contributed by atoms with van der Waals surface area (Å²) in [6.07, 6.45) is 3.31. The third-order valence-corrected chi connectivity index (χ3v) is 2.53. The fraction of sp³-hybridized carbons (Fsp3) is 0.231. The molecule has 0 saturated heterocycles. The van der Waals surface area contributed by atoms with Gasteiger partial charge >= 0.3 is 0 Å². The molecule has 100 valence electrons. The number of amides is 1. The SMILES string of the molecule is CC(NC(=O)COc1ccccc1O)c1ncc[nH]1. The van der Waals surface area contributed by atoms with E-state index in [4.69, 9.17) is 4.74 Å². The third-order valence-electron chi connectivity index (χ3n) is 2.53. The summed E-state index contributed by atoms with van der Waals surface area (Å²) >= 11 is 0. The number of nitrogens with zero attached hydrogens (tertiary/aromatic N) is 1. The number of carbonyl (C=O) groups is 1. The van der Waals surface area contributed by atoms with Gasteiger partial charge in [0.1, 0.15) is 5.82 Å². The maximum atomic E-state index is 11.7. The smallest absolute Gasteiger partial charge is 0.258 e. The largest absolute Gasteiger partial charge is 0.504 e. The molecule has 0 aliphatic carbocycles. The summed E-state index contributed by atoms with van der Waals surface area (Å²) < 4.78 is 5.22. The molecule has 1 aromatic heterocycles. The number of aromatic amines is 1. The number of phenols is 1. The molecule has 2 aromatic rings. The molecular formula is C13H15N3O3. The fourth-order valence-corrected chi connectivity index (χ4v) is 1.59. The van der Waals surface area contributed by atoms with Crippen molar-refractivity contribution in [3.05, 3.63) is 42.5 Å². The monoisotopic (exact) mass is 261 g/mol. The maximum Gasteiger partial charge on any atom is 0.258 e. The van der Waals surface area contributed by atoms with Gasteiger partial charge < -0.3 is 20.1 Å².